The molecule has 4 nitrogen and oxygen atoms in total. The topological polar surface area (TPSA) is 42.4 Å². The van der Waals surface area contributed by atoms with Crippen LogP contribution in [0, 0.1) is 0 Å². The zero-order chi connectivity index (χ0) is 16.4. The predicted octanol–water partition coefficient (Wildman–Crippen LogP) is 3.77. The standard InChI is InChI=1S/C20H22N2O2/c23-20(17-5-6-19-16(14-17)9-13-24-19)22-12-3-1-2-4-18(22)15-7-10-21-11-8-15/h5-8,10-11,14,18H,1-4,9,12-13H2/t18-/m1/s1. The van der Waals surface area contributed by atoms with Crippen LogP contribution in [0.3, 0.4) is 0 Å². The van der Waals surface area contributed by atoms with Crippen LogP contribution in [0.1, 0.15) is 53.2 Å². The lowest BCUT2D eigenvalue weighted by Crippen LogP contribution is -2.34. The smallest absolute Gasteiger partial charge is 0.254 e. The number of carbonyl (C=O) groups excluding carboxylic acids is 1. The Morgan fingerprint density at radius 3 is 2.88 bits per heavy atom. The summed E-state index contributed by atoms with van der Waals surface area (Å²) in [6.07, 6.45) is 8.96. The number of amides is 1. The van der Waals surface area contributed by atoms with E-state index in [1.807, 2.05) is 42.7 Å². The minimum absolute atomic E-state index is 0.133. The van der Waals surface area contributed by atoms with Crippen LogP contribution in [-0.4, -0.2) is 28.9 Å². The fourth-order valence-electron chi connectivity index (χ4n) is 3.77. The first-order valence-corrected chi connectivity index (χ1v) is 8.79. The maximum absolute atomic E-state index is 13.2. The second-order valence-corrected chi connectivity index (χ2v) is 6.57. The molecule has 0 unspecified atom stereocenters. The van der Waals surface area contributed by atoms with E-state index in [-0.39, 0.29) is 11.9 Å². The minimum Gasteiger partial charge on any atom is -0.493 e. The molecule has 2 aliphatic rings. The summed E-state index contributed by atoms with van der Waals surface area (Å²) < 4.78 is 5.56. The van der Waals surface area contributed by atoms with Crippen molar-refractivity contribution < 1.29 is 9.53 Å². The van der Waals surface area contributed by atoms with Crippen LogP contribution in [0.5, 0.6) is 5.75 Å². The molecule has 0 aliphatic carbocycles. The molecule has 3 heterocycles. The van der Waals surface area contributed by atoms with Crippen LogP contribution in [-0.2, 0) is 6.42 Å². The van der Waals surface area contributed by atoms with Gasteiger partial charge in [0.25, 0.3) is 5.91 Å². The average molecular weight is 322 g/mol. The lowest BCUT2D eigenvalue weighted by atomic mass is 10.0. The van der Waals surface area contributed by atoms with Crippen molar-refractivity contribution in [3.8, 4) is 5.75 Å². The molecule has 24 heavy (non-hydrogen) atoms. The third kappa shape index (κ3) is 2.88. The van der Waals surface area contributed by atoms with Crippen molar-refractivity contribution in [3.05, 3.63) is 59.4 Å². The predicted molar refractivity (Wildman–Crippen MR) is 92.1 cm³/mol. The summed E-state index contributed by atoms with van der Waals surface area (Å²) in [4.78, 5) is 19.4. The zero-order valence-corrected chi connectivity index (χ0v) is 13.8. The quantitative estimate of drug-likeness (QED) is 0.845. The summed E-state index contributed by atoms with van der Waals surface area (Å²) in [6.45, 7) is 1.54. The van der Waals surface area contributed by atoms with Gasteiger partial charge in [0.15, 0.2) is 0 Å². The van der Waals surface area contributed by atoms with Gasteiger partial charge in [-0.05, 0) is 54.3 Å². The van der Waals surface area contributed by atoms with Gasteiger partial charge in [0.05, 0.1) is 12.6 Å². The first-order valence-electron chi connectivity index (χ1n) is 8.79. The molecular weight excluding hydrogens is 300 g/mol. The van der Waals surface area contributed by atoms with E-state index >= 15 is 0 Å². The molecule has 1 atom stereocenters. The number of pyridine rings is 1. The van der Waals surface area contributed by atoms with Gasteiger partial charge in [-0.2, -0.15) is 0 Å². The highest BCUT2D eigenvalue weighted by atomic mass is 16.5. The van der Waals surface area contributed by atoms with Crippen LogP contribution < -0.4 is 4.74 Å². The van der Waals surface area contributed by atoms with Gasteiger partial charge in [0, 0.05) is 30.9 Å². The molecule has 1 fully saturated rings. The Kier molecular flexibility index (Phi) is 4.20. The number of aromatic nitrogens is 1. The Morgan fingerprint density at radius 2 is 2.00 bits per heavy atom. The second kappa shape index (κ2) is 6.63. The van der Waals surface area contributed by atoms with E-state index < -0.39 is 0 Å². The highest BCUT2D eigenvalue weighted by Gasteiger charge is 2.28. The van der Waals surface area contributed by atoms with Gasteiger partial charge in [0.1, 0.15) is 5.75 Å². The lowest BCUT2D eigenvalue weighted by Gasteiger charge is -2.30. The second-order valence-electron chi connectivity index (χ2n) is 6.57. The van der Waals surface area contributed by atoms with Gasteiger partial charge in [-0.1, -0.05) is 12.8 Å². The Morgan fingerprint density at radius 1 is 1.12 bits per heavy atom. The van der Waals surface area contributed by atoms with Gasteiger partial charge in [0.2, 0.25) is 0 Å². The van der Waals surface area contributed by atoms with E-state index in [4.69, 9.17) is 4.74 Å². The molecule has 4 rings (SSSR count). The van der Waals surface area contributed by atoms with Crippen molar-refractivity contribution in [3.63, 3.8) is 0 Å². The van der Waals surface area contributed by atoms with E-state index in [9.17, 15) is 4.79 Å². The summed E-state index contributed by atoms with van der Waals surface area (Å²) in [5.41, 5.74) is 3.11. The minimum atomic E-state index is 0.133. The molecule has 2 aromatic rings. The zero-order valence-electron chi connectivity index (χ0n) is 13.8. The Balaban J connectivity index is 1.65. The molecule has 0 radical (unpaired) electrons. The number of hydrogen-bond donors (Lipinski definition) is 0. The first-order chi connectivity index (χ1) is 11.8. The highest BCUT2D eigenvalue weighted by molar-refractivity contribution is 5.95. The van der Waals surface area contributed by atoms with Crippen LogP contribution in [0.4, 0.5) is 0 Å². The van der Waals surface area contributed by atoms with Crippen molar-refractivity contribution in [2.24, 2.45) is 0 Å². The van der Waals surface area contributed by atoms with Crippen molar-refractivity contribution in [1.29, 1.82) is 0 Å². The van der Waals surface area contributed by atoms with Gasteiger partial charge >= 0.3 is 0 Å². The first kappa shape index (κ1) is 15.2. The Hall–Kier alpha value is -2.36. The third-order valence-electron chi connectivity index (χ3n) is 5.04. The normalized spacial score (nSPS) is 20.2. The lowest BCUT2D eigenvalue weighted by molar-refractivity contribution is 0.0680. The Bertz CT molecular complexity index is 730. The van der Waals surface area contributed by atoms with Crippen molar-refractivity contribution in [2.75, 3.05) is 13.2 Å². The van der Waals surface area contributed by atoms with Crippen LogP contribution in [0.25, 0.3) is 0 Å². The van der Waals surface area contributed by atoms with Crippen molar-refractivity contribution in [1.82, 2.24) is 9.88 Å². The molecular formula is C20H22N2O2. The molecule has 0 spiro atoms. The molecule has 4 heteroatoms. The number of fused-ring (bicyclic) bond motifs is 1. The SMILES string of the molecule is O=C(c1ccc2c(c1)CCO2)N1CCCCC[C@@H]1c1ccncc1. The number of carbonyl (C=O) groups is 1. The van der Waals surface area contributed by atoms with E-state index in [1.165, 1.54) is 12.0 Å². The van der Waals surface area contributed by atoms with E-state index in [2.05, 4.69) is 9.88 Å². The molecule has 124 valence electrons. The molecule has 0 saturated carbocycles. The van der Waals surface area contributed by atoms with E-state index in [0.29, 0.717) is 0 Å². The number of benzene rings is 1. The summed E-state index contributed by atoms with van der Waals surface area (Å²) >= 11 is 0. The van der Waals surface area contributed by atoms with Crippen LogP contribution >= 0.6 is 0 Å². The number of hydrogen-bond acceptors (Lipinski definition) is 3. The van der Waals surface area contributed by atoms with Crippen molar-refractivity contribution >= 4 is 5.91 Å². The summed E-state index contributed by atoms with van der Waals surface area (Å²) in [6, 6.07) is 10.1. The van der Waals surface area contributed by atoms with Crippen LogP contribution in [0.2, 0.25) is 0 Å². The fourth-order valence-corrected chi connectivity index (χ4v) is 3.77. The monoisotopic (exact) mass is 322 g/mol. The highest BCUT2D eigenvalue weighted by Crippen LogP contribution is 2.32. The largest absolute Gasteiger partial charge is 0.493 e. The van der Waals surface area contributed by atoms with Crippen LogP contribution in [0.15, 0.2) is 42.7 Å². The molecule has 0 N–H and O–H groups in total. The molecule has 1 saturated heterocycles. The van der Waals surface area contributed by atoms with Gasteiger partial charge < -0.3 is 9.64 Å². The Labute approximate surface area is 142 Å². The number of likely N-dealkylation sites (tertiary alicyclic amines) is 1. The maximum atomic E-state index is 13.2. The number of nitrogens with zero attached hydrogens (tertiary/aromatic N) is 2. The van der Waals surface area contributed by atoms with E-state index in [0.717, 1.165) is 55.7 Å². The van der Waals surface area contributed by atoms with Gasteiger partial charge in [-0.25, -0.2) is 0 Å². The fraction of sp³-hybridized carbons (Fsp3) is 0.400. The molecule has 1 aromatic carbocycles. The molecule has 1 amide bonds. The summed E-state index contributed by atoms with van der Waals surface area (Å²) in [5.74, 6) is 1.06. The number of ether oxygens (including phenoxy) is 1. The molecule has 0 bridgehead atoms. The molecule has 2 aliphatic heterocycles. The van der Waals surface area contributed by atoms with E-state index in [1.54, 1.807) is 0 Å². The maximum Gasteiger partial charge on any atom is 0.254 e. The average Bonchev–Trinajstić information content (AvgIpc) is 2.96. The van der Waals surface area contributed by atoms with Gasteiger partial charge in [-0.15, -0.1) is 0 Å². The number of rotatable bonds is 2. The van der Waals surface area contributed by atoms with Crippen molar-refractivity contribution in [2.45, 2.75) is 38.1 Å². The summed E-state index contributed by atoms with van der Waals surface area (Å²) in [7, 11) is 0. The van der Waals surface area contributed by atoms with Gasteiger partial charge in [-0.3, -0.25) is 9.78 Å². The third-order valence-corrected chi connectivity index (χ3v) is 5.04. The summed E-state index contributed by atoms with van der Waals surface area (Å²) in [5, 5.41) is 0. The molecule has 1 aromatic heterocycles.